The molecule has 0 aromatic carbocycles. The second-order valence-corrected chi connectivity index (χ2v) is 9.32. The molecule has 178 valence electrons. The van der Waals surface area contributed by atoms with Gasteiger partial charge in [0.15, 0.2) is 5.82 Å². The van der Waals surface area contributed by atoms with E-state index in [1.54, 1.807) is 6.07 Å². The Kier molecular flexibility index (Phi) is 8.22. The first-order valence-electron chi connectivity index (χ1n) is 11.8. The Morgan fingerprint density at radius 3 is 2.79 bits per heavy atom. The van der Waals surface area contributed by atoms with Gasteiger partial charge in [-0.3, -0.25) is 9.78 Å². The Morgan fingerprint density at radius 1 is 1.24 bits per heavy atom. The van der Waals surface area contributed by atoms with E-state index in [0.717, 1.165) is 45.3 Å². The number of pyridine rings is 1. The Hall–Kier alpha value is -2.16. The van der Waals surface area contributed by atoms with Crippen molar-refractivity contribution in [1.82, 2.24) is 20.3 Å². The quantitative estimate of drug-likeness (QED) is 0.595. The number of rotatable bonds is 8. The SMILES string of the molecule is CC[C@@H]1CCC(C(=O)Cc2cc(-c3cnc(F)c(NCC4CCOCC4)n3)c(Cl)cn2)CN1. The monoisotopic (exact) mass is 475 g/mol. The van der Waals surface area contributed by atoms with Crippen LogP contribution < -0.4 is 10.6 Å². The van der Waals surface area contributed by atoms with Gasteiger partial charge in [0.05, 0.1) is 16.9 Å². The van der Waals surface area contributed by atoms with Crippen LogP contribution in [-0.4, -0.2) is 53.1 Å². The maximum atomic E-state index is 14.3. The van der Waals surface area contributed by atoms with E-state index in [9.17, 15) is 9.18 Å². The molecule has 2 aliphatic rings. The highest BCUT2D eigenvalue weighted by Gasteiger charge is 2.25. The van der Waals surface area contributed by atoms with E-state index < -0.39 is 5.95 Å². The third kappa shape index (κ3) is 6.25. The first-order chi connectivity index (χ1) is 16.0. The van der Waals surface area contributed by atoms with Crippen molar-refractivity contribution in [3.8, 4) is 11.3 Å². The van der Waals surface area contributed by atoms with Crippen LogP contribution in [0.5, 0.6) is 0 Å². The molecule has 0 aliphatic carbocycles. The Labute approximate surface area is 198 Å². The predicted octanol–water partition coefficient (Wildman–Crippen LogP) is 4.06. The molecule has 4 rings (SSSR count). The van der Waals surface area contributed by atoms with Crippen LogP contribution in [0, 0.1) is 17.8 Å². The van der Waals surface area contributed by atoms with Crippen molar-refractivity contribution in [2.75, 3.05) is 31.6 Å². The predicted molar refractivity (Wildman–Crippen MR) is 126 cm³/mol. The minimum Gasteiger partial charge on any atom is -0.381 e. The average molecular weight is 476 g/mol. The number of ketones is 1. The molecule has 2 saturated heterocycles. The standard InChI is InChI=1S/C24H31ClFN5O2/c1-2-17-4-3-16(12-27-17)22(32)10-18-9-19(20(25)13-28-18)21-14-29-23(26)24(31-21)30-11-15-5-7-33-8-6-15/h9,13-17,27H,2-8,10-12H2,1H3,(H,30,31)/t16?,17-/m1/s1. The van der Waals surface area contributed by atoms with Crippen LogP contribution in [0.1, 0.15) is 44.7 Å². The van der Waals surface area contributed by atoms with Gasteiger partial charge >= 0.3 is 0 Å². The molecule has 2 N–H and O–H groups in total. The molecule has 0 bridgehead atoms. The summed E-state index contributed by atoms with van der Waals surface area (Å²) in [5.41, 5.74) is 1.65. The van der Waals surface area contributed by atoms with Crippen molar-refractivity contribution < 1.29 is 13.9 Å². The molecule has 0 saturated carbocycles. The zero-order valence-corrected chi connectivity index (χ0v) is 19.7. The fourth-order valence-electron chi connectivity index (χ4n) is 4.44. The Balaban J connectivity index is 1.45. The van der Waals surface area contributed by atoms with Crippen LogP contribution >= 0.6 is 11.6 Å². The van der Waals surface area contributed by atoms with E-state index >= 15 is 0 Å². The highest BCUT2D eigenvalue weighted by molar-refractivity contribution is 6.33. The van der Waals surface area contributed by atoms with Crippen molar-refractivity contribution in [2.24, 2.45) is 11.8 Å². The van der Waals surface area contributed by atoms with Crippen LogP contribution in [0.3, 0.4) is 0 Å². The van der Waals surface area contributed by atoms with Crippen LogP contribution in [0.2, 0.25) is 5.02 Å². The first kappa shape index (κ1) is 24.0. The van der Waals surface area contributed by atoms with Crippen LogP contribution in [0.4, 0.5) is 10.2 Å². The van der Waals surface area contributed by atoms with Crippen molar-refractivity contribution >= 4 is 23.2 Å². The third-order valence-corrected chi connectivity index (χ3v) is 6.94. The summed E-state index contributed by atoms with van der Waals surface area (Å²) in [6.45, 7) is 4.93. The summed E-state index contributed by atoms with van der Waals surface area (Å²) in [4.78, 5) is 25.5. The van der Waals surface area contributed by atoms with Gasteiger partial charge in [-0.25, -0.2) is 9.97 Å². The molecule has 0 radical (unpaired) electrons. The fraction of sp³-hybridized carbons (Fsp3) is 0.583. The normalized spacial score (nSPS) is 21.7. The molecule has 33 heavy (non-hydrogen) atoms. The molecule has 9 heteroatoms. The van der Waals surface area contributed by atoms with Crippen molar-refractivity contribution in [3.63, 3.8) is 0 Å². The second kappa shape index (κ2) is 11.3. The minimum absolute atomic E-state index is 0.000306. The summed E-state index contributed by atoms with van der Waals surface area (Å²) in [6.07, 6.45) is 7.97. The number of anilines is 1. The van der Waals surface area contributed by atoms with Gasteiger partial charge in [-0.2, -0.15) is 4.39 Å². The largest absolute Gasteiger partial charge is 0.381 e. The number of nitrogens with one attached hydrogen (secondary N) is 2. The van der Waals surface area contributed by atoms with Gasteiger partial charge in [0.1, 0.15) is 5.78 Å². The zero-order chi connectivity index (χ0) is 23.2. The lowest BCUT2D eigenvalue weighted by Gasteiger charge is -2.28. The molecule has 2 aromatic rings. The number of carbonyl (C=O) groups is 1. The summed E-state index contributed by atoms with van der Waals surface area (Å²) >= 11 is 6.39. The maximum Gasteiger partial charge on any atom is 0.255 e. The molecule has 7 nitrogen and oxygen atoms in total. The van der Waals surface area contributed by atoms with Gasteiger partial charge < -0.3 is 15.4 Å². The summed E-state index contributed by atoms with van der Waals surface area (Å²) in [6, 6.07) is 2.26. The lowest BCUT2D eigenvalue weighted by atomic mass is 9.88. The number of carbonyl (C=O) groups excluding carboxylic acids is 1. The van der Waals surface area contributed by atoms with Gasteiger partial charge in [0.2, 0.25) is 0 Å². The Bertz CT molecular complexity index is 962. The number of hydrogen-bond acceptors (Lipinski definition) is 7. The topological polar surface area (TPSA) is 89.0 Å². The summed E-state index contributed by atoms with van der Waals surface area (Å²) in [5.74, 6) is 0.0274. The molecule has 2 fully saturated rings. The van der Waals surface area contributed by atoms with Gasteiger partial charge in [0.25, 0.3) is 5.95 Å². The lowest BCUT2D eigenvalue weighted by molar-refractivity contribution is -0.122. The molecule has 2 atom stereocenters. The van der Waals surface area contributed by atoms with E-state index in [4.69, 9.17) is 16.3 Å². The second-order valence-electron chi connectivity index (χ2n) is 8.92. The van der Waals surface area contributed by atoms with Crippen molar-refractivity contribution in [2.45, 2.75) is 51.5 Å². The van der Waals surface area contributed by atoms with Crippen LogP contribution in [0.25, 0.3) is 11.3 Å². The third-order valence-electron chi connectivity index (χ3n) is 6.63. The van der Waals surface area contributed by atoms with Crippen molar-refractivity contribution in [3.05, 3.63) is 35.1 Å². The zero-order valence-electron chi connectivity index (χ0n) is 18.9. The fourth-order valence-corrected chi connectivity index (χ4v) is 4.64. The van der Waals surface area contributed by atoms with E-state index in [0.29, 0.717) is 47.0 Å². The number of ether oxygens (including phenoxy) is 1. The molecule has 0 spiro atoms. The number of nitrogens with zero attached hydrogens (tertiary/aromatic N) is 3. The van der Waals surface area contributed by atoms with E-state index in [2.05, 4.69) is 32.5 Å². The molecule has 0 amide bonds. The smallest absolute Gasteiger partial charge is 0.255 e. The highest BCUT2D eigenvalue weighted by Crippen LogP contribution is 2.28. The lowest BCUT2D eigenvalue weighted by Crippen LogP contribution is -2.41. The van der Waals surface area contributed by atoms with Gasteiger partial charge in [0, 0.05) is 62.1 Å². The van der Waals surface area contributed by atoms with Gasteiger partial charge in [-0.05, 0) is 44.1 Å². The number of aromatic nitrogens is 3. The van der Waals surface area contributed by atoms with Gasteiger partial charge in [-0.15, -0.1) is 0 Å². The molecule has 1 unspecified atom stereocenters. The van der Waals surface area contributed by atoms with Crippen LogP contribution in [-0.2, 0) is 16.0 Å². The number of hydrogen-bond donors (Lipinski definition) is 2. The Morgan fingerprint density at radius 2 is 2.06 bits per heavy atom. The molecule has 2 aliphatic heterocycles. The summed E-state index contributed by atoms with van der Waals surface area (Å²) in [7, 11) is 0. The highest BCUT2D eigenvalue weighted by atomic mass is 35.5. The number of halogens is 2. The van der Waals surface area contributed by atoms with E-state index in [1.165, 1.54) is 12.4 Å². The molecular weight excluding hydrogens is 445 g/mol. The maximum absolute atomic E-state index is 14.3. The first-order valence-corrected chi connectivity index (χ1v) is 12.2. The van der Waals surface area contributed by atoms with Crippen molar-refractivity contribution in [1.29, 1.82) is 0 Å². The van der Waals surface area contributed by atoms with E-state index in [1.807, 2.05) is 0 Å². The molecule has 4 heterocycles. The number of Topliss-reactive ketones (excluding diaryl/α,β-unsaturated/α-hetero) is 1. The summed E-state index contributed by atoms with van der Waals surface area (Å²) in [5, 5.41) is 6.92. The molecular formula is C24H31ClFN5O2. The van der Waals surface area contributed by atoms with E-state index in [-0.39, 0.29) is 23.9 Å². The average Bonchev–Trinajstić information content (AvgIpc) is 2.85. The minimum atomic E-state index is -0.651. The van der Waals surface area contributed by atoms with Crippen LogP contribution in [0.15, 0.2) is 18.5 Å². The molecule has 2 aromatic heterocycles. The summed E-state index contributed by atoms with van der Waals surface area (Å²) < 4.78 is 19.7. The van der Waals surface area contributed by atoms with Gasteiger partial charge in [-0.1, -0.05) is 18.5 Å². The number of piperidine rings is 1.